The Morgan fingerprint density at radius 2 is 1.59 bits per heavy atom. The summed E-state index contributed by atoms with van der Waals surface area (Å²) in [5.41, 5.74) is 6.21. The second-order valence-electron chi connectivity index (χ2n) is 10.3. The van der Waals surface area contributed by atoms with E-state index in [1.54, 1.807) is 11.8 Å². The second-order valence-corrected chi connectivity index (χ2v) is 11.2. The van der Waals surface area contributed by atoms with Crippen molar-refractivity contribution in [3.63, 3.8) is 0 Å². The van der Waals surface area contributed by atoms with E-state index in [1.165, 1.54) is 5.56 Å². The number of rotatable bonds is 10. The maximum atomic E-state index is 12.7. The summed E-state index contributed by atoms with van der Waals surface area (Å²) in [5, 5.41) is 3.79. The van der Waals surface area contributed by atoms with Crippen LogP contribution in [0.15, 0.2) is 96.2 Å². The number of aryl methyl sites for hydroxylation is 1. The number of aromatic nitrogens is 2. The summed E-state index contributed by atoms with van der Waals surface area (Å²) in [6.45, 7) is 9.54. The molecule has 0 radical (unpaired) electrons. The van der Waals surface area contributed by atoms with Gasteiger partial charge in [-0.25, -0.2) is 9.97 Å². The smallest absolute Gasteiger partial charge is 0.251 e. The number of carbonyl (C=O) groups excluding carboxylic acids is 1. The second kappa shape index (κ2) is 14.1. The Kier molecular flexibility index (Phi) is 9.83. The van der Waals surface area contributed by atoms with Gasteiger partial charge in [-0.2, -0.15) is 0 Å². The van der Waals surface area contributed by atoms with Crippen LogP contribution in [-0.2, 0) is 12.3 Å². The number of carbonyl (C=O) groups is 1. The maximum absolute atomic E-state index is 12.7. The molecule has 7 heteroatoms. The van der Waals surface area contributed by atoms with Crippen molar-refractivity contribution in [2.75, 3.05) is 37.6 Å². The molecule has 41 heavy (non-hydrogen) atoms. The summed E-state index contributed by atoms with van der Waals surface area (Å²) in [7, 11) is 0. The minimum absolute atomic E-state index is 0.0693. The molecule has 1 aliphatic rings. The van der Waals surface area contributed by atoms with Crippen LogP contribution in [0.5, 0.6) is 0 Å². The number of benzene rings is 3. The minimum atomic E-state index is -0.0693. The van der Waals surface area contributed by atoms with E-state index in [1.807, 2.05) is 60.7 Å². The highest BCUT2D eigenvalue weighted by Crippen LogP contribution is 2.27. The normalized spacial score (nSPS) is 14.0. The third kappa shape index (κ3) is 8.06. The van der Waals surface area contributed by atoms with Crippen molar-refractivity contribution in [2.24, 2.45) is 0 Å². The molecule has 1 saturated heterocycles. The molecule has 0 saturated carbocycles. The summed E-state index contributed by atoms with van der Waals surface area (Å²) in [5.74, 6) is 1.66. The molecule has 0 bridgehead atoms. The summed E-state index contributed by atoms with van der Waals surface area (Å²) in [6, 6.07) is 28.2. The van der Waals surface area contributed by atoms with E-state index in [0.717, 1.165) is 66.1 Å². The standard InChI is InChI=1S/C34H37N5OS/c1-26-27(2)36-34(37-32(26)39-21-19-38(20-22-39)18-10-16-28-11-5-3-6-12-28)41-25-30-15-9-17-31(23-30)33(40)35-24-29-13-7-4-8-14-29/h3-17,23H,18-22,24-25H2,1-2H3,(H,35,40)/b16-10+. The van der Waals surface area contributed by atoms with Crippen molar-refractivity contribution in [1.82, 2.24) is 20.2 Å². The molecule has 6 nitrogen and oxygen atoms in total. The molecule has 1 amide bonds. The zero-order valence-electron chi connectivity index (χ0n) is 23.8. The highest BCUT2D eigenvalue weighted by Gasteiger charge is 2.21. The van der Waals surface area contributed by atoms with Crippen molar-refractivity contribution >= 4 is 29.6 Å². The van der Waals surface area contributed by atoms with Crippen LogP contribution in [-0.4, -0.2) is 53.5 Å². The van der Waals surface area contributed by atoms with Gasteiger partial charge < -0.3 is 10.2 Å². The molecular weight excluding hydrogens is 526 g/mol. The largest absolute Gasteiger partial charge is 0.354 e. The first kappa shape index (κ1) is 28.6. The van der Waals surface area contributed by atoms with E-state index in [0.29, 0.717) is 17.9 Å². The molecule has 2 heterocycles. The van der Waals surface area contributed by atoms with Gasteiger partial charge in [-0.1, -0.05) is 96.7 Å². The third-order valence-corrected chi connectivity index (χ3v) is 8.26. The van der Waals surface area contributed by atoms with Gasteiger partial charge in [-0.05, 0) is 42.7 Å². The predicted molar refractivity (Wildman–Crippen MR) is 169 cm³/mol. The topological polar surface area (TPSA) is 61.4 Å². The number of hydrogen-bond acceptors (Lipinski definition) is 6. The average molecular weight is 564 g/mol. The van der Waals surface area contributed by atoms with Crippen molar-refractivity contribution < 1.29 is 4.79 Å². The van der Waals surface area contributed by atoms with Crippen LogP contribution in [0.2, 0.25) is 0 Å². The van der Waals surface area contributed by atoms with Gasteiger partial charge >= 0.3 is 0 Å². The molecule has 1 fully saturated rings. The fourth-order valence-electron chi connectivity index (χ4n) is 4.84. The first-order chi connectivity index (χ1) is 20.0. The van der Waals surface area contributed by atoms with Gasteiger partial charge in [0.25, 0.3) is 5.91 Å². The Balaban J connectivity index is 1.16. The zero-order valence-corrected chi connectivity index (χ0v) is 24.6. The van der Waals surface area contributed by atoms with E-state index >= 15 is 0 Å². The number of amides is 1. The average Bonchev–Trinajstić information content (AvgIpc) is 3.02. The molecule has 210 valence electrons. The molecule has 0 unspecified atom stereocenters. The Labute approximate surface area is 247 Å². The number of thioether (sulfide) groups is 1. The predicted octanol–water partition coefficient (Wildman–Crippen LogP) is 6.15. The number of nitrogens with one attached hydrogen (secondary N) is 1. The summed E-state index contributed by atoms with van der Waals surface area (Å²) in [6.07, 6.45) is 4.45. The first-order valence-electron chi connectivity index (χ1n) is 14.1. The van der Waals surface area contributed by atoms with Crippen molar-refractivity contribution in [2.45, 2.75) is 31.3 Å². The quantitative estimate of drug-likeness (QED) is 0.184. The molecule has 3 aromatic carbocycles. The van der Waals surface area contributed by atoms with E-state index in [2.05, 4.69) is 65.4 Å². The van der Waals surface area contributed by atoms with E-state index < -0.39 is 0 Å². The first-order valence-corrected chi connectivity index (χ1v) is 15.1. The SMILES string of the molecule is Cc1nc(SCc2cccc(C(=O)NCc3ccccc3)c2)nc(N2CCN(C/C=C/c3ccccc3)CC2)c1C. The van der Waals surface area contributed by atoms with Gasteiger partial charge in [0, 0.05) is 61.8 Å². The van der Waals surface area contributed by atoms with Crippen LogP contribution in [0.4, 0.5) is 5.82 Å². The van der Waals surface area contributed by atoms with Crippen LogP contribution >= 0.6 is 11.8 Å². The minimum Gasteiger partial charge on any atom is -0.354 e. The van der Waals surface area contributed by atoms with Crippen molar-refractivity contribution in [3.8, 4) is 0 Å². The van der Waals surface area contributed by atoms with E-state index in [4.69, 9.17) is 9.97 Å². The lowest BCUT2D eigenvalue weighted by atomic mass is 10.1. The Morgan fingerprint density at radius 3 is 2.34 bits per heavy atom. The van der Waals surface area contributed by atoms with Gasteiger partial charge in [-0.15, -0.1) is 0 Å². The highest BCUT2D eigenvalue weighted by molar-refractivity contribution is 7.98. The van der Waals surface area contributed by atoms with Gasteiger partial charge in [0.1, 0.15) is 5.82 Å². The van der Waals surface area contributed by atoms with Crippen LogP contribution in [0.25, 0.3) is 6.08 Å². The van der Waals surface area contributed by atoms with Crippen molar-refractivity contribution in [3.05, 3.63) is 125 Å². The number of piperazine rings is 1. The molecule has 0 atom stereocenters. The molecule has 0 aliphatic carbocycles. The van der Waals surface area contributed by atoms with Crippen molar-refractivity contribution in [1.29, 1.82) is 0 Å². The molecule has 1 N–H and O–H groups in total. The highest BCUT2D eigenvalue weighted by atomic mass is 32.2. The van der Waals surface area contributed by atoms with Crippen LogP contribution in [0, 0.1) is 13.8 Å². The van der Waals surface area contributed by atoms with Crippen LogP contribution < -0.4 is 10.2 Å². The molecular formula is C34H37N5OS. The summed E-state index contributed by atoms with van der Waals surface area (Å²) < 4.78 is 0. The van der Waals surface area contributed by atoms with E-state index in [-0.39, 0.29) is 5.91 Å². The number of anilines is 1. The Hall–Kier alpha value is -3.94. The van der Waals surface area contributed by atoms with Gasteiger partial charge in [0.05, 0.1) is 0 Å². The lowest BCUT2D eigenvalue weighted by Gasteiger charge is -2.35. The van der Waals surface area contributed by atoms with Gasteiger partial charge in [0.2, 0.25) is 0 Å². The third-order valence-electron chi connectivity index (χ3n) is 7.34. The molecule has 5 rings (SSSR count). The monoisotopic (exact) mass is 563 g/mol. The summed E-state index contributed by atoms with van der Waals surface area (Å²) >= 11 is 1.61. The number of nitrogens with zero attached hydrogens (tertiary/aromatic N) is 4. The van der Waals surface area contributed by atoms with Gasteiger partial charge in [0.15, 0.2) is 5.16 Å². The van der Waals surface area contributed by atoms with Crippen LogP contribution in [0.1, 0.15) is 38.3 Å². The lowest BCUT2D eigenvalue weighted by Crippen LogP contribution is -2.47. The van der Waals surface area contributed by atoms with Gasteiger partial charge in [-0.3, -0.25) is 9.69 Å². The maximum Gasteiger partial charge on any atom is 0.251 e. The zero-order chi connectivity index (χ0) is 28.4. The summed E-state index contributed by atoms with van der Waals surface area (Å²) in [4.78, 5) is 27.4. The molecule has 0 spiro atoms. The Bertz CT molecular complexity index is 1470. The van der Waals surface area contributed by atoms with E-state index in [9.17, 15) is 4.79 Å². The fourth-order valence-corrected chi connectivity index (χ4v) is 5.66. The Morgan fingerprint density at radius 1 is 0.878 bits per heavy atom. The molecule has 1 aromatic heterocycles. The fraction of sp³-hybridized carbons (Fsp3) is 0.265. The van der Waals surface area contributed by atoms with Crippen LogP contribution in [0.3, 0.4) is 0 Å². The number of hydrogen-bond donors (Lipinski definition) is 1. The molecule has 1 aliphatic heterocycles. The lowest BCUT2D eigenvalue weighted by molar-refractivity contribution is 0.0951. The molecule has 4 aromatic rings.